The molecule has 0 spiro atoms. The summed E-state index contributed by atoms with van der Waals surface area (Å²) in [4.78, 5) is 15.4. The third kappa shape index (κ3) is 4.07. The molecule has 0 radical (unpaired) electrons. The number of benzene rings is 3. The van der Waals surface area contributed by atoms with Crippen molar-refractivity contribution in [3.63, 3.8) is 0 Å². The third-order valence-corrected chi connectivity index (χ3v) is 6.59. The number of amides is 1. The standard InChI is InChI=1S/C26H23N5OS/c1-26(2)17-20(18-33-25-27-28-29-31(25)21-13-7-4-8-14-21)22-15-9-10-16-23(22)30(26)24(32)19-11-5-3-6-12-19/h3-17H,18H2,1-2H3. The number of rotatable bonds is 5. The number of carbonyl (C=O) groups excluding carboxylic acids is 1. The smallest absolute Gasteiger partial charge is 0.259 e. The van der Waals surface area contributed by atoms with E-state index in [0.717, 1.165) is 27.7 Å². The van der Waals surface area contributed by atoms with Crippen molar-refractivity contribution in [2.24, 2.45) is 0 Å². The number of nitrogens with zero attached hydrogens (tertiary/aromatic N) is 5. The van der Waals surface area contributed by atoms with Crippen LogP contribution in [0.25, 0.3) is 11.3 Å². The summed E-state index contributed by atoms with van der Waals surface area (Å²) in [6.07, 6.45) is 2.18. The van der Waals surface area contributed by atoms with Gasteiger partial charge in [0.25, 0.3) is 5.91 Å². The van der Waals surface area contributed by atoms with Gasteiger partial charge in [0.05, 0.1) is 16.9 Å². The summed E-state index contributed by atoms with van der Waals surface area (Å²) in [6, 6.07) is 27.4. The molecule has 33 heavy (non-hydrogen) atoms. The summed E-state index contributed by atoms with van der Waals surface area (Å²) >= 11 is 1.58. The van der Waals surface area contributed by atoms with Gasteiger partial charge in [-0.1, -0.05) is 72.4 Å². The number of fused-ring (bicyclic) bond motifs is 1. The zero-order valence-corrected chi connectivity index (χ0v) is 19.2. The van der Waals surface area contributed by atoms with Gasteiger partial charge in [-0.05, 0) is 60.2 Å². The molecule has 0 fully saturated rings. The van der Waals surface area contributed by atoms with E-state index in [1.54, 1.807) is 16.4 Å². The fraction of sp³-hybridized carbons (Fsp3) is 0.154. The molecule has 0 N–H and O–H groups in total. The number of tetrazole rings is 1. The molecule has 0 bridgehead atoms. The van der Waals surface area contributed by atoms with Crippen molar-refractivity contribution in [2.45, 2.75) is 24.5 Å². The van der Waals surface area contributed by atoms with Crippen molar-refractivity contribution in [3.8, 4) is 5.69 Å². The first-order valence-corrected chi connectivity index (χ1v) is 11.7. The van der Waals surface area contributed by atoms with Crippen LogP contribution in [0.15, 0.2) is 96.2 Å². The van der Waals surface area contributed by atoms with Crippen LogP contribution < -0.4 is 4.90 Å². The van der Waals surface area contributed by atoms with Crippen LogP contribution in [0.2, 0.25) is 0 Å². The van der Waals surface area contributed by atoms with E-state index in [9.17, 15) is 4.79 Å². The van der Waals surface area contributed by atoms with Gasteiger partial charge < -0.3 is 0 Å². The Hall–Kier alpha value is -3.71. The van der Waals surface area contributed by atoms with Crippen molar-refractivity contribution in [1.82, 2.24) is 20.2 Å². The van der Waals surface area contributed by atoms with Gasteiger partial charge in [0.2, 0.25) is 5.16 Å². The molecule has 4 aromatic rings. The second kappa shape index (κ2) is 8.67. The van der Waals surface area contributed by atoms with Gasteiger partial charge in [-0.15, -0.1) is 5.10 Å². The Morgan fingerprint density at radius 2 is 1.58 bits per heavy atom. The molecule has 1 aliphatic rings. The average Bonchev–Trinajstić information content (AvgIpc) is 3.31. The Morgan fingerprint density at radius 1 is 0.909 bits per heavy atom. The van der Waals surface area contributed by atoms with Gasteiger partial charge in [0, 0.05) is 16.9 Å². The number of carbonyl (C=O) groups is 1. The summed E-state index contributed by atoms with van der Waals surface area (Å²) in [5.74, 6) is 0.671. The molecule has 6 nitrogen and oxygen atoms in total. The highest BCUT2D eigenvalue weighted by molar-refractivity contribution is 7.99. The Bertz CT molecular complexity index is 1310. The second-order valence-electron chi connectivity index (χ2n) is 8.34. The number of anilines is 1. The Kier molecular flexibility index (Phi) is 5.56. The molecule has 5 rings (SSSR count). The minimum absolute atomic E-state index is 0.0102. The number of thioether (sulfide) groups is 1. The molecule has 0 saturated heterocycles. The molecule has 1 amide bonds. The van der Waals surface area contributed by atoms with E-state index in [0.29, 0.717) is 11.3 Å². The molecular weight excluding hydrogens is 430 g/mol. The maximum Gasteiger partial charge on any atom is 0.259 e. The van der Waals surface area contributed by atoms with Gasteiger partial charge in [0.15, 0.2) is 0 Å². The molecule has 0 atom stereocenters. The van der Waals surface area contributed by atoms with Crippen LogP contribution in [-0.2, 0) is 0 Å². The van der Waals surface area contributed by atoms with Crippen LogP contribution in [0.1, 0.15) is 29.8 Å². The highest BCUT2D eigenvalue weighted by Crippen LogP contribution is 2.41. The lowest BCUT2D eigenvalue weighted by molar-refractivity contribution is 0.0970. The largest absolute Gasteiger partial charge is 0.299 e. The van der Waals surface area contributed by atoms with Crippen LogP contribution >= 0.6 is 11.8 Å². The number of aromatic nitrogens is 4. The van der Waals surface area contributed by atoms with Crippen molar-refractivity contribution < 1.29 is 4.79 Å². The SMILES string of the molecule is CC1(C)C=C(CSc2nnnn2-c2ccccc2)c2ccccc2N1C(=O)c1ccccc1. The number of hydrogen-bond donors (Lipinski definition) is 0. The maximum absolute atomic E-state index is 13.5. The van der Waals surface area contributed by atoms with Gasteiger partial charge in [-0.3, -0.25) is 9.69 Å². The van der Waals surface area contributed by atoms with E-state index in [2.05, 4.69) is 41.5 Å². The first-order chi connectivity index (χ1) is 16.0. The molecular formula is C26H23N5OS. The van der Waals surface area contributed by atoms with Crippen LogP contribution in [0.3, 0.4) is 0 Å². The van der Waals surface area contributed by atoms with Crippen LogP contribution in [0.5, 0.6) is 0 Å². The van der Waals surface area contributed by atoms with E-state index in [-0.39, 0.29) is 5.91 Å². The molecule has 7 heteroatoms. The Balaban J connectivity index is 1.47. The summed E-state index contributed by atoms with van der Waals surface area (Å²) in [6.45, 7) is 4.14. The van der Waals surface area contributed by atoms with Gasteiger partial charge in [0.1, 0.15) is 0 Å². The Morgan fingerprint density at radius 3 is 2.33 bits per heavy atom. The molecule has 2 heterocycles. The summed E-state index contributed by atoms with van der Waals surface area (Å²) in [5, 5.41) is 13.0. The quantitative estimate of drug-likeness (QED) is 0.385. The van der Waals surface area contributed by atoms with E-state index in [4.69, 9.17) is 0 Å². The lowest BCUT2D eigenvalue weighted by Gasteiger charge is -2.42. The topological polar surface area (TPSA) is 63.9 Å². The molecule has 0 unspecified atom stereocenters. The predicted octanol–water partition coefficient (Wildman–Crippen LogP) is 5.28. The minimum atomic E-state index is -0.497. The monoisotopic (exact) mass is 453 g/mol. The van der Waals surface area contributed by atoms with Gasteiger partial charge in [-0.2, -0.15) is 4.68 Å². The highest BCUT2D eigenvalue weighted by atomic mass is 32.2. The van der Waals surface area contributed by atoms with E-state index in [1.807, 2.05) is 83.8 Å². The van der Waals surface area contributed by atoms with Crippen LogP contribution in [0, 0.1) is 0 Å². The molecule has 3 aromatic carbocycles. The van der Waals surface area contributed by atoms with Crippen molar-refractivity contribution >= 4 is 28.9 Å². The third-order valence-electron chi connectivity index (χ3n) is 5.62. The fourth-order valence-electron chi connectivity index (χ4n) is 4.16. The van der Waals surface area contributed by atoms with E-state index >= 15 is 0 Å². The van der Waals surface area contributed by atoms with Gasteiger partial charge in [-0.25, -0.2) is 0 Å². The molecule has 0 saturated carbocycles. The zero-order chi connectivity index (χ0) is 22.8. The lowest BCUT2D eigenvalue weighted by atomic mass is 9.88. The summed E-state index contributed by atoms with van der Waals surface area (Å²) in [7, 11) is 0. The average molecular weight is 454 g/mol. The van der Waals surface area contributed by atoms with Crippen molar-refractivity contribution in [3.05, 3.63) is 102 Å². The van der Waals surface area contributed by atoms with Crippen LogP contribution in [-0.4, -0.2) is 37.4 Å². The minimum Gasteiger partial charge on any atom is -0.299 e. The fourth-order valence-corrected chi connectivity index (χ4v) is 5.04. The van der Waals surface area contributed by atoms with Gasteiger partial charge >= 0.3 is 0 Å². The summed E-state index contributed by atoms with van der Waals surface area (Å²) in [5.41, 5.74) is 4.21. The molecule has 164 valence electrons. The second-order valence-corrected chi connectivity index (χ2v) is 9.29. The summed E-state index contributed by atoms with van der Waals surface area (Å²) < 4.78 is 1.75. The van der Waals surface area contributed by atoms with E-state index < -0.39 is 5.54 Å². The first-order valence-electron chi connectivity index (χ1n) is 10.7. The van der Waals surface area contributed by atoms with Crippen molar-refractivity contribution in [2.75, 3.05) is 10.7 Å². The highest BCUT2D eigenvalue weighted by Gasteiger charge is 2.37. The van der Waals surface area contributed by atoms with E-state index in [1.165, 1.54) is 0 Å². The molecule has 0 aliphatic carbocycles. The van der Waals surface area contributed by atoms with Crippen LogP contribution in [0.4, 0.5) is 5.69 Å². The lowest BCUT2D eigenvalue weighted by Crippen LogP contribution is -2.49. The first kappa shape index (κ1) is 21.2. The maximum atomic E-state index is 13.5. The Labute approximate surface area is 196 Å². The van der Waals surface area contributed by atoms with Crippen molar-refractivity contribution in [1.29, 1.82) is 0 Å². The molecule has 1 aromatic heterocycles. The zero-order valence-electron chi connectivity index (χ0n) is 18.4. The number of para-hydroxylation sites is 2. The predicted molar refractivity (Wildman–Crippen MR) is 132 cm³/mol. The number of hydrogen-bond acceptors (Lipinski definition) is 5. The normalized spacial score (nSPS) is 14.5. The molecule has 1 aliphatic heterocycles.